The summed E-state index contributed by atoms with van der Waals surface area (Å²) in [6.45, 7) is 4.22. The lowest BCUT2D eigenvalue weighted by Crippen LogP contribution is -2.14. The van der Waals surface area contributed by atoms with Crippen LogP contribution in [0.5, 0.6) is 5.75 Å². The molecule has 0 saturated heterocycles. The van der Waals surface area contributed by atoms with E-state index in [1.807, 2.05) is 44.3 Å². The summed E-state index contributed by atoms with van der Waals surface area (Å²) in [5.74, 6) is 0.531. The van der Waals surface area contributed by atoms with Gasteiger partial charge < -0.3 is 10.1 Å². The normalized spacial score (nSPS) is 12.2. The van der Waals surface area contributed by atoms with Gasteiger partial charge in [-0.25, -0.2) is 4.39 Å². The molecule has 0 saturated carbocycles. The van der Waals surface area contributed by atoms with Crippen molar-refractivity contribution in [2.45, 2.75) is 26.5 Å². The van der Waals surface area contributed by atoms with Gasteiger partial charge in [0.1, 0.15) is 18.2 Å². The molecule has 0 aliphatic rings. The number of benzene rings is 2. The van der Waals surface area contributed by atoms with Crippen LogP contribution in [0.2, 0.25) is 0 Å². The van der Waals surface area contributed by atoms with Gasteiger partial charge >= 0.3 is 0 Å². The fraction of sp³-hybridized carbons (Fsp3) is 0.294. The van der Waals surface area contributed by atoms with Crippen molar-refractivity contribution >= 4 is 0 Å². The first-order valence-corrected chi connectivity index (χ1v) is 6.76. The van der Waals surface area contributed by atoms with Gasteiger partial charge in [-0.1, -0.05) is 30.3 Å². The fourth-order valence-corrected chi connectivity index (χ4v) is 2.02. The van der Waals surface area contributed by atoms with Crippen LogP contribution in [-0.4, -0.2) is 7.05 Å². The van der Waals surface area contributed by atoms with Crippen molar-refractivity contribution in [2.24, 2.45) is 0 Å². The van der Waals surface area contributed by atoms with E-state index in [9.17, 15) is 4.39 Å². The molecule has 2 aromatic carbocycles. The number of aryl methyl sites for hydroxylation is 1. The van der Waals surface area contributed by atoms with Gasteiger partial charge in [0, 0.05) is 11.6 Å². The van der Waals surface area contributed by atoms with Crippen LogP contribution in [-0.2, 0) is 6.61 Å². The Labute approximate surface area is 119 Å². The SMILES string of the molecule is CNC(C)c1cc(F)c(C)cc1OCc1ccccc1. The van der Waals surface area contributed by atoms with Crippen molar-refractivity contribution in [2.75, 3.05) is 7.05 Å². The lowest BCUT2D eigenvalue weighted by molar-refractivity contribution is 0.299. The summed E-state index contributed by atoms with van der Waals surface area (Å²) in [6.07, 6.45) is 0. The molecule has 3 heteroatoms. The topological polar surface area (TPSA) is 21.3 Å². The molecule has 0 spiro atoms. The van der Waals surface area contributed by atoms with E-state index >= 15 is 0 Å². The molecule has 0 aromatic heterocycles. The van der Waals surface area contributed by atoms with Crippen molar-refractivity contribution in [3.8, 4) is 5.75 Å². The van der Waals surface area contributed by atoms with Crippen LogP contribution in [0.15, 0.2) is 42.5 Å². The molecule has 0 radical (unpaired) electrons. The standard InChI is InChI=1S/C17H20FNO/c1-12-9-17(15(10-16(12)18)13(2)19-3)20-11-14-7-5-4-6-8-14/h4-10,13,19H,11H2,1-3H3. The maximum absolute atomic E-state index is 13.7. The van der Waals surface area contributed by atoms with Gasteiger partial charge in [0.15, 0.2) is 0 Å². The van der Waals surface area contributed by atoms with Gasteiger partial charge in [0.25, 0.3) is 0 Å². The van der Waals surface area contributed by atoms with E-state index in [4.69, 9.17) is 4.74 Å². The van der Waals surface area contributed by atoms with Crippen molar-refractivity contribution in [3.63, 3.8) is 0 Å². The van der Waals surface area contributed by atoms with Gasteiger partial charge in [-0.2, -0.15) is 0 Å². The summed E-state index contributed by atoms with van der Waals surface area (Å²) in [6, 6.07) is 13.3. The maximum atomic E-state index is 13.7. The van der Waals surface area contributed by atoms with Crippen LogP contribution in [0.25, 0.3) is 0 Å². The Morgan fingerprint density at radius 1 is 1.20 bits per heavy atom. The fourth-order valence-electron chi connectivity index (χ4n) is 2.02. The first kappa shape index (κ1) is 14.5. The summed E-state index contributed by atoms with van der Waals surface area (Å²) in [5, 5.41) is 3.12. The van der Waals surface area contributed by atoms with Crippen LogP contribution in [0, 0.1) is 12.7 Å². The van der Waals surface area contributed by atoms with Crippen molar-refractivity contribution in [1.82, 2.24) is 5.32 Å². The van der Waals surface area contributed by atoms with Gasteiger partial charge in [-0.3, -0.25) is 0 Å². The molecule has 1 unspecified atom stereocenters. The average Bonchev–Trinajstić information content (AvgIpc) is 2.48. The number of rotatable bonds is 5. The number of ether oxygens (including phenoxy) is 1. The van der Waals surface area contributed by atoms with E-state index in [2.05, 4.69) is 5.32 Å². The summed E-state index contributed by atoms with van der Waals surface area (Å²) < 4.78 is 19.6. The largest absolute Gasteiger partial charge is 0.489 e. The molecule has 0 amide bonds. The molecule has 0 fully saturated rings. The predicted molar refractivity (Wildman–Crippen MR) is 79.4 cm³/mol. The van der Waals surface area contributed by atoms with Crippen molar-refractivity contribution < 1.29 is 9.13 Å². The zero-order chi connectivity index (χ0) is 14.5. The van der Waals surface area contributed by atoms with E-state index in [0.717, 1.165) is 16.9 Å². The molecular formula is C17H20FNO. The summed E-state index contributed by atoms with van der Waals surface area (Å²) >= 11 is 0. The molecule has 106 valence electrons. The quantitative estimate of drug-likeness (QED) is 0.889. The molecule has 2 aromatic rings. The minimum absolute atomic E-state index is 0.0378. The highest BCUT2D eigenvalue weighted by molar-refractivity contribution is 5.40. The minimum Gasteiger partial charge on any atom is -0.489 e. The zero-order valence-corrected chi connectivity index (χ0v) is 12.1. The third-order valence-corrected chi connectivity index (χ3v) is 3.43. The van der Waals surface area contributed by atoms with E-state index < -0.39 is 0 Å². The third kappa shape index (κ3) is 3.36. The van der Waals surface area contributed by atoms with Crippen molar-refractivity contribution in [3.05, 3.63) is 65.0 Å². The average molecular weight is 273 g/mol. The maximum Gasteiger partial charge on any atom is 0.126 e. The van der Waals surface area contributed by atoms with Gasteiger partial charge in [0.2, 0.25) is 0 Å². The Hall–Kier alpha value is -1.87. The molecule has 0 aliphatic heterocycles. The van der Waals surface area contributed by atoms with E-state index in [1.54, 1.807) is 19.1 Å². The number of halogens is 1. The molecule has 1 atom stereocenters. The highest BCUT2D eigenvalue weighted by Gasteiger charge is 2.13. The minimum atomic E-state index is -0.200. The molecule has 0 aliphatic carbocycles. The second kappa shape index (κ2) is 6.53. The van der Waals surface area contributed by atoms with Crippen molar-refractivity contribution in [1.29, 1.82) is 0 Å². The van der Waals surface area contributed by atoms with Crippen LogP contribution < -0.4 is 10.1 Å². The monoisotopic (exact) mass is 273 g/mol. The molecule has 1 N–H and O–H groups in total. The van der Waals surface area contributed by atoms with E-state index in [0.29, 0.717) is 12.2 Å². The predicted octanol–water partition coefficient (Wildman–Crippen LogP) is 3.99. The first-order valence-electron chi connectivity index (χ1n) is 6.76. The lowest BCUT2D eigenvalue weighted by Gasteiger charge is -2.18. The van der Waals surface area contributed by atoms with E-state index in [1.165, 1.54) is 0 Å². The highest BCUT2D eigenvalue weighted by Crippen LogP contribution is 2.28. The van der Waals surface area contributed by atoms with Gasteiger partial charge in [-0.05, 0) is 44.2 Å². The van der Waals surface area contributed by atoms with E-state index in [-0.39, 0.29) is 11.9 Å². The number of hydrogen-bond acceptors (Lipinski definition) is 2. The Balaban J connectivity index is 2.23. The second-order valence-corrected chi connectivity index (χ2v) is 4.92. The Morgan fingerprint density at radius 2 is 1.90 bits per heavy atom. The molecule has 2 nitrogen and oxygen atoms in total. The number of nitrogens with one attached hydrogen (secondary N) is 1. The summed E-state index contributed by atoms with van der Waals surface area (Å²) in [4.78, 5) is 0. The van der Waals surface area contributed by atoms with Gasteiger partial charge in [-0.15, -0.1) is 0 Å². The number of hydrogen-bond donors (Lipinski definition) is 1. The summed E-state index contributed by atoms with van der Waals surface area (Å²) in [7, 11) is 1.85. The molecule has 20 heavy (non-hydrogen) atoms. The smallest absolute Gasteiger partial charge is 0.126 e. The van der Waals surface area contributed by atoms with Crippen LogP contribution in [0.4, 0.5) is 4.39 Å². The highest BCUT2D eigenvalue weighted by atomic mass is 19.1. The summed E-state index contributed by atoms with van der Waals surface area (Å²) in [5.41, 5.74) is 2.53. The van der Waals surface area contributed by atoms with Crippen LogP contribution in [0.3, 0.4) is 0 Å². The zero-order valence-electron chi connectivity index (χ0n) is 12.1. The third-order valence-electron chi connectivity index (χ3n) is 3.43. The molecule has 2 rings (SSSR count). The second-order valence-electron chi connectivity index (χ2n) is 4.92. The van der Waals surface area contributed by atoms with Crippen LogP contribution >= 0.6 is 0 Å². The van der Waals surface area contributed by atoms with Gasteiger partial charge in [0.05, 0.1) is 0 Å². The van der Waals surface area contributed by atoms with Crippen LogP contribution in [0.1, 0.15) is 29.7 Å². The lowest BCUT2D eigenvalue weighted by atomic mass is 10.0. The molecule has 0 bridgehead atoms. The molecular weight excluding hydrogens is 253 g/mol. The Bertz CT molecular complexity index is 569. The first-order chi connectivity index (χ1) is 9.61. The Morgan fingerprint density at radius 3 is 2.55 bits per heavy atom. The molecule has 0 heterocycles. The Kier molecular flexibility index (Phi) is 4.74.